The Balaban J connectivity index is 1.61. The van der Waals surface area contributed by atoms with Crippen LogP contribution in [0.15, 0.2) is 36.4 Å². The number of hydrogen-bond acceptors (Lipinski definition) is 3. The van der Waals surface area contributed by atoms with Gasteiger partial charge in [-0.2, -0.15) is 0 Å². The molecule has 0 radical (unpaired) electrons. The van der Waals surface area contributed by atoms with Gasteiger partial charge in [-0.3, -0.25) is 19.3 Å². The van der Waals surface area contributed by atoms with Crippen molar-refractivity contribution in [3.05, 3.63) is 47.5 Å². The van der Waals surface area contributed by atoms with Crippen LogP contribution in [0.25, 0.3) is 0 Å². The van der Waals surface area contributed by atoms with Gasteiger partial charge in [-0.15, -0.1) is 6.42 Å². The summed E-state index contributed by atoms with van der Waals surface area (Å²) in [6, 6.07) is 6.85. The van der Waals surface area contributed by atoms with Gasteiger partial charge >= 0.3 is 0 Å². The molecule has 118 valence electrons. The summed E-state index contributed by atoms with van der Waals surface area (Å²) >= 11 is 0. The third-order valence-electron chi connectivity index (χ3n) is 3.56. The number of carbonyl (C=O) groups is 3. The Morgan fingerprint density at radius 1 is 1.04 bits per heavy atom. The Bertz CT molecular complexity index is 651. The molecular formula is C18H18N2O3. The lowest BCUT2D eigenvalue weighted by Gasteiger charge is -2.13. The molecule has 0 saturated carbocycles. The number of unbranched alkanes of at least 4 members (excludes halogenated alkanes) is 2. The zero-order valence-corrected chi connectivity index (χ0v) is 12.7. The molecule has 1 aromatic rings. The molecule has 0 fully saturated rings. The number of imide groups is 1. The summed E-state index contributed by atoms with van der Waals surface area (Å²) in [5.41, 5.74) is 1.31. The molecule has 0 saturated heterocycles. The van der Waals surface area contributed by atoms with Crippen molar-refractivity contribution in [1.29, 1.82) is 0 Å². The van der Waals surface area contributed by atoms with E-state index < -0.39 is 0 Å². The summed E-state index contributed by atoms with van der Waals surface area (Å²) in [5.74, 6) is 1.86. The fourth-order valence-electron chi connectivity index (χ4n) is 2.25. The second-order valence-electron chi connectivity index (χ2n) is 5.20. The van der Waals surface area contributed by atoms with Gasteiger partial charge in [-0.05, 0) is 43.5 Å². The van der Waals surface area contributed by atoms with Gasteiger partial charge in [-0.25, -0.2) is 0 Å². The van der Waals surface area contributed by atoms with E-state index >= 15 is 0 Å². The molecule has 23 heavy (non-hydrogen) atoms. The van der Waals surface area contributed by atoms with Crippen molar-refractivity contribution in [2.24, 2.45) is 0 Å². The van der Waals surface area contributed by atoms with Gasteiger partial charge in [0.25, 0.3) is 17.7 Å². The molecule has 5 heteroatoms. The lowest BCUT2D eigenvalue weighted by Crippen LogP contribution is -2.31. The summed E-state index contributed by atoms with van der Waals surface area (Å²) in [6.07, 6.45) is 10.2. The van der Waals surface area contributed by atoms with E-state index in [0.717, 1.165) is 24.8 Å². The first-order valence-corrected chi connectivity index (χ1v) is 7.50. The lowest BCUT2D eigenvalue weighted by molar-refractivity contribution is -0.136. The van der Waals surface area contributed by atoms with Crippen molar-refractivity contribution in [3.8, 4) is 12.3 Å². The number of rotatable bonds is 7. The first-order chi connectivity index (χ1) is 11.1. The summed E-state index contributed by atoms with van der Waals surface area (Å²) in [5, 5.41) is 2.83. The second-order valence-corrected chi connectivity index (χ2v) is 5.20. The van der Waals surface area contributed by atoms with Gasteiger partial charge in [0.15, 0.2) is 0 Å². The van der Waals surface area contributed by atoms with E-state index in [1.165, 1.54) is 17.1 Å². The van der Waals surface area contributed by atoms with Gasteiger partial charge in [0.1, 0.15) is 0 Å². The molecule has 1 heterocycles. The predicted molar refractivity (Wildman–Crippen MR) is 86.4 cm³/mol. The van der Waals surface area contributed by atoms with Crippen molar-refractivity contribution in [2.75, 3.05) is 13.1 Å². The molecule has 5 nitrogen and oxygen atoms in total. The molecular weight excluding hydrogens is 292 g/mol. The third-order valence-corrected chi connectivity index (χ3v) is 3.56. The van der Waals surface area contributed by atoms with Crippen LogP contribution in [0.2, 0.25) is 0 Å². The number of terminal acetylenes is 1. The van der Waals surface area contributed by atoms with Crippen LogP contribution in [0.4, 0.5) is 0 Å². The van der Waals surface area contributed by atoms with E-state index in [0.29, 0.717) is 18.7 Å². The molecule has 0 aromatic heterocycles. The Morgan fingerprint density at radius 2 is 1.70 bits per heavy atom. The molecule has 3 amide bonds. The molecule has 1 N–H and O–H groups in total. The number of nitrogens with zero attached hydrogens (tertiary/aromatic N) is 1. The average molecular weight is 310 g/mol. The lowest BCUT2D eigenvalue weighted by atomic mass is 10.1. The van der Waals surface area contributed by atoms with E-state index in [9.17, 15) is 14.4 Å². The molecule has 2 rings (SSSR count). The highest BCUT2D eigenvalue weighted by molar-refractivity contribution is 6.12. The van der Waals surface area contributed by atoms with E-state index in [-0.39, 0.29) is 17.7 Å². The second kappa shape index (κ2) is 7.95. The van der Waals surface area contributed by atoms with E-state index in [1.807, 2.05) is 0 Å². The highest BCUT2D eigenvalue weighted by Crippen LogP contribution is 2.07. The van der Waals surface area contributed by atoms with Crippen LogP contribution < -0.4 is 5.32 Å². The summed E-state index contributed by atoms with van der Waals surface area (Å²) in [4.78, 5) is 35.8. The van der Waals surface area contributed by atoms with Gasteiger partial charge in [0, 0.05) is 36.4 Å². The minimum atomic E-state index is -0.251. The average Bonchev–Trinajstić information content (AvgIpc) is 2.89. The van der Waals surface area contributed by atoms with Crippen LogP contribution in [-0.4, -0.2) is 35.7 Å². The van der Waals surface area contributed by atoms with Crippen LogP contribution in [0.5, 0.6) is 0 Å². The molecule has 0 aliphatic carbocycles. The van der Waals surface area contributed by atoms with Crippen molar-refractivity contribution in [2.45, 2.75) is 19.3 Å². The van der Waals surface area contributed by atoms with Gasteiger partial charge in [0.05, 0.1) is 0 Å². The van der Waals surface area contributed by atoms with Crippen LogP contribution in [-0.2, 0) is 9.59 Å². The topological polar surface area (TPSA) is 66.5 Å². The first-order valence-electron chi connectivity index (χ1n) is 7.50. The summed E-state index contributed by atoms with van der Waals surface area (Å²) in [7, 11) is 0. The molecule has 1 aliphatic heterocycles. The minimum Gasteiger partial charge on any atom is -0.352 e. The van der Waals surface area contributed by atoms with Crippen LogP contribution in [0.1, 0.15) is 35.2 Å². The Morgan fingerprint density at radius 3 is 2.30 bits per heavy atom. The Labute approximate surface area is 135 Å². The van der Waals surface area contributed by atoms with Gasteiger partial charge in [-0.1, -0.05) is 5.92 Å². The summed E-state index contributed by atoms with van der Waals surface area (Å²) < 4.78 is 0. The molecule has 0 spiro atoms. The first kappa shape index (κ1) is 16.5. The molecule has 0 unspecified atom stereocenters. The van der Waals surface area contributed by atoms with Crippen molar-refractivity contribution < 1.29 is 14.4 Å². The van der Waals surface area contributed by atoms with Crippen molar-refractivity contribution >= 4 is 17.7 Å². The number of hydrogen-bond donors (Lipinski definition) is 1. The van der Waals surface area contributed by atoms with E-state index in [4.69, 9.17) is 6.42 Å². The van der Waals surface area contributed by atoms with Crippen molar-refractivity contribution in [3.63, 3.8) is 0 Å². The van der Waals surface area contributed by atoms with Crippen LogP contribution in [0.3, 0.4) is 0 Å². The smallest absolute Gasteiger partial charge is 0.253 e. The third kappa shape index (κ3) is 4.55. The maximum atomic E-state index is 11.9. The maximum absolute atomic E-state index is 11.9. The molecule has 0 bridgehead atoms. The highest BCUT2D eigenvalue weighted by atomic mass is 16.2. The van der Waals surface area contributed by atoms with Crippen LogP contribution in [0, 0.1) is 12.3 Å². The van der Waals surface area contributed by atoms with E-state index in [1.54, 1.807) is 24.3 Å². The number of benzene rings is 1. The van der Waals surface area contributed by atoms with E-state index in [2.05, 4.69) is 11.2 Å². The fourth-order valence-corrected chi connectivity index (χ4v) is 2.25. The number of amides is 3. The highest BCUT2D eigenvalue weighted by Gasteiger charge is 2.22. The largest absolute Gasteiger partial charge is 0.352 e. The monoisotopic (exact) mass is 310 g/mol. The standard InChI is InChI=1S/C18H18N2O3/c1-2-14-6-8-15(9-7-14)18(23)19-12-4-3-5-13-20-16(21)10-11-17(20)22/h1,6-11H,3-5,12-13H2,(H,19,23). The number of nitrogens with one attached hydrogen (secondary N) is 1. The summed E-state index contributed by atoms with van der Waals surface area (Å²) in [6.45, 7) is 0.974. The zero-order valence-electron chi connectivity index (χ0n) is 12.7. The predicted octanol–water partition coefficient (Wildman–Crippen LogP) is 1.49. The normalized spacial score (nSPS) is 13.3. The molecule has 1 aliphatic rings. The van der Waals surface area contributed by atoms with Crippen molar-refractivity contribution in [1.82, 2.24) is 10.2 Å². The number of carbonyl (C=O) groups excluding carboxylic acids is 3. The fraction of sp³-hybridized carbons (Fsp3) is 0.278. The Hall–Kier alpha value is -2.87. The van der Waals surface area contributed by atoms with Gasteiger partial charge in [0.2, 0.25) is 0 Å². The quantitative estimate of drug-likeness (QED) is 0.471. The van der Waals surface area contributed by atoms with Crippen LogP contribution >= 0.6 is 0 Å². The SMILES string of the molecule is C#Cc1ccc(C(=O)NCCCCCN2C(=O)C=CC2=O)cc1. The molecule has 0 atom stereocenters. The zero-order chi connectivity index (χ0) is 16.7. The Kier molecular flexibility index (Phi) is 5.70. The minimum absolute atomic E-state index is 0.136. The van der Waals surface area contributed by atoms with Gasteiger partial charge < -0.3 is 5.32 Å². The molecule has 1 aromatic carbocycles. The maximum Gasteiger partial charge on any atom is 0.253 e.